The summed E-state index contributed by atoms with van der Waals surface area (Å²) in [5.41, 5.74) is 0. The fourth-order valence-electron chi connectivity index (χ4n) is 1.40. The van der Waals surface area contributed by atoms with Crippen LogP contribution in [0.4, 0.5) is 0 Å². The van der Waals surface area contributed by atoms with Crippen molar-refractivity contribution in [3.63, 3.8) is 0 Å². The zero-order chi connectivity index (χ0) is 7.72. The third-order valence-electron chi connectivity index (χ3n) is 2.20. The van der Waals surface area contributed by atoms with E-state index in [2.05, 4.69) is 0 Å². The molecule has 0 bridgehead atoms. The van der Waals surface area contributed by atoms with Crippen LogP contribution in [0.3, 0.4) is 0 Å². The Hall–Kier alpha value is -0.465. The molecule has 1 aliphatic rings. The van der Waals surface area contributed by atoms with Gasteiger partial charge in [-0.25, -0.2) is 0 Å². The Labute approximate surface area is 63.0 Å². The van der Waals surface area contributed by atoms with Crippen LogP contribution in [0.5, 0.6) is 0 Å². The van der Waals surface area contributed by atoms with Crippen LogP contribution in [0.25, 0.3) is 0 Å². The molecular weight excluding hydrogens is 125 g/mol. The van der Waals surface area contributed by atoms with Crippen molar-refractivity contribution < 1.29 is 4.79 Å². The number of carbonyl (C=O) groups is 1. The van der Waals surface area contributed by atoms with Crippen LogP contribution in [0.1, 0.15) is 26.7 Å². The summed E-state index contributed by atoms with van der Waals surface area (Å²) in [5, 5.41) is 0. The molecular formula is C7H12BNO. The molecule has 0 spiro atoms. The van der Waals surface area contributed by atoms with Crippen molar-refractivity contribution in [3.8, 4) is 0 Å². The van der Waals surface area contributed by atoms with E-state index in [1.165, 1.54) is 4.81 Å². The van der Waals surface area contributed by atoms with Gasteiger partial charge in [0.15, 0.2) is 0 Å². The third-order valence-corrected chi connectivity index (χ3v) is 2.20. The molecule has 0 aliphatic carbocycles. The molecule has 1 fully saturated rings. The molecule has 1 amide bonds. The van der Waals surface area contributed by atoms with E-state index < -0.39 is 0 Å². The van der Waals surface area contributed by atoms with E-state index in [9.17, 15) is 4.79 Å². The van der Waals surface area contributed by atoms with E-state index in [0.29, 0.717) is 0 Å². The molecule has 1 aliphatic heterocycles. The van der Waals surface area contributed by atoms with Gasteiger partial charge in [-0.1, -0.05) is 6.92 Å². The highest BCUT2D eigenvalue weighted by Gasteiger charge is 2.32. The number of hydrogen-bond acceptors (Lipinski definition) is 1. The molecule has 2 nitrogen and oxygen atoms in total. The van der Waals surface area contributed by atoms with Crippen LogP contribution in [-0.2, 0) is 4.79 Å². The average Bonchev–Trinajstić information content (AvgIpc) is 2.17. The molecule has 1 rings (SSSR count). The lowest BCUT2D eigenvalue weighted by atomic mass is 10.0. The summed E-state index contributed by atoms with van der Waals surface area (Å²) in [7, 11) is 5.47. The zero-order valence-corrected chi connectivity index (χ0v) is 6.50. The summed E-state index contributed by atoms with van der Waals surface area (Å²) in [4.78, 5) is 12.5. The normalized spacial score (nSPS) is 33.4. The van der Waals surface area contributed by atoms with Gasteiger partial charge in [0, 0.05) is 12.0 Å². The number of nitrogens with zero attached hydrogens (tertiary/aromatic N) is 1. The first-order valence-electron chi connectivity index (χ1n) is 3.74. The van der Waals surface area contributed by atoms with Crippen LogP contribution in [0, 0.1) is 5.92 Å². The third kappa shape index (κ3) is 1.05. The highest BCUT2D eigenvalue weighted by Crippen LogP contribution is 2.24. The van der Waals surface area contributed by atoms with Gasteiger partial charge in [0.2, 0.25) is 13.9 Å². The van der Waals surface area contributed by atoms with Crippen molar-refractivity contribution in [2.45, 2.75) is 32.7 Å². The Kier molecular flexibility index (Phi) is 2.02. The molecule has 10 heavy (non-hydrogen) atoms. The molecule has 0 aromatic rings. The monoisotopic (exact) mass is 137 g/mol. The van der Waals surface area contributed by atoms with Gasteiger partial charge in [0.1, 0.15) is 0 Å². The van der Waals surface area contributed by atoms with Gasteiger partial charge >= 0.3 is 0 Å². The van der Waals surface area contributed by atoms with E-state index in [4.69, 9.17) is 7.98 Å². The second-order valence-electron chi connectivity index (χ2n) is 2.94. The topological polar surface area (TPSA) is 20.3 Å². The average molecular weight is 137 g/mol. The molecule has 0 N–H and O–H groups in total. The van der Waals surface area contributed by atoms with E-state index in [-0.39, 0.29) is 17.9 Å². The van der Waals surface area contributed by atoms with Gasteiger partial charge in [-0.3, -0.25) is 4.79 Å². The number of hydrogen-bond donors (Lipinski definition) is 0. The van der Waals surface area contributed by atoms with E-state index in [0.717, 1.165) is 12.8 Å². The summed E-state index contributed by atoms with van der Waals surface area (Å²) < 4.78 is 0. The predicted octanol–water partition coefficient (Wildman–Crippen LogP) is 0.717. The van der Waals surface area contributed by atoms with Gasteiger partial charge < -0.3 is 4.81 Å². The van der Waals surface area contributed by atoms with Crippen LogP contribution >= 0.6 is 0 Å². The van der Waals surface area contributed by atoms with Gasteiger partial charge in [-0.05, 0) is 19.8 Å². The van der Waals surface area contributed by atoms with Crippen molar-refractivity contribution in [3.05, 3.63) is 0 Å². The molecule has 2 radical (unpaired) electrons. The maximum atomic E-state index is 11.1. The Morgan fingerprint density at radius 2 is 2.40 bits per heavy atom. The molecule has 1 heterocycles. The molecule has 2 atom stereocenters. The summed E-state index contributed by atoms with van der Waals surface area (Å²) in [6.45, 7) is 4.00. The summed E-state index contributed by atoms with van der Waals surface area (Å²) in [6, 6.07) is 0.234. The lowest BCUT2D eigenvalue weighted by Gasteiger charge is -2.14. The zero-order valence-electron chi connectivity index (χ0n) is 6.50. The summed E-state index contributed by atoms with van der Waals surface area (Å²) >= 11 is 0. The molecule has 0 saturated carbocycles. The molecule has 2 unspecified atom stereocenters. The second kappa shape index (κ2) is 2.65. The standard InChI is InChI=1S/C7H12BNO/c1-3-6-4-5(2)9(8)7(6)10/h5-6H,3-4H2,1-2H3. The first-order valence-corrected chi connectivity index (χ1v) is 3.74. The lowest BCUT2D eigenvalue weighted by molar-refractivity contribution is -0.127. The Morgan fingerprint density at radius 1 is 1.80 bits per heavy atom. The maximum absolute atomic E-state index is 11.1. The quantitative estimate of drug-likeness (QED) is 0.487. The van der Waals surface area contributed by atoms with Crippen LogP contribution in [0.15, 0.2) is 0 Å². The second-order valence-corrected chi connectivity index (χ2v) is 2.94. The van der Waals surface area contributed by atoms with Crippen molar-refractivity contribution >= 4 is 13.9 Å². The van der Waals surface area contributed by atoms with Gasteiger partial charge in [-0.2, -0.15) is 0 Å². The summed E-state index contributed by atoms with van der Waals surface area (Å²) in [6.07, 6.45) is 1.84. The minimum absolute atomic E-state index is 0.106. The fraction of sp³-hybridized carbons (Fsp3) is 0.857. The molecule has 0 aromatic heterocycles. The SMILES string of the molecule is [B]N1C(=O)C(CC)CC1C. The minimum atomic E-state index is 0.106. The highest BCUT2D eigenvalue weighted by molar-refractivity contribution is 6.15. The number of carbonyl (C=O) groups excluding carboxylic acids is 1. The van der Waals surface area contributed by atoms with Crippen LogP contribution < -0.4 is 0 Å². The smallest absolute Gasteiger partial charge is 0.230 e. The summed E-state index contributed by atoms with van der Waals surface area (Å²) in [5.74, 6) is 0.287. The van der Waals surface area contributed by atoms with Crippen LogP contribution in [-0.4, -0.2) is 24.7 Å². The Balaban J connectivity index is 2.62. The highest BCUT2D eigenvalue weighted by atomic mass is 16.2. The predicted molar refractivity (Wildman–Crippen MR) is 40.5 cm³/mol. The first-order chi connectivity index (χ1) is 4.66. The number of amides is 1. The largest absolute Gasteiger partial charge is 0.394 e. The molecule has 54 valence electrons. The maximum Gasteiger partial charge on any atom is 0.230 e. The van der Waals surface area contributed by atoms with Crippen molar-refractivity contribution in [2.24, 2.45) is 5.92 Å². The van der Waals surface area contributed by atoms with Gasteiger partial charge in [-0.15, -0.1) is 0 Å². The Morgan fingerprint density at radius 3 is 2.60 bits per heavy atom. The van der Waals surface area contributed by atoms with E-state index >= 15 is 0 Å². The van der Waals surface area contributed by atoms with Gasteiger partial charge in [0.25, 0.3) is 0 Å². The van der Waals surface area contributed by atoms with Crippen LogP contribution in [0.2, 0.25) is 0 Å². The van der Waals surface area contributed by atoms with E-state index in [1.807, 2.05) is 13.8 Å². The molecule has 3 heteroatoms. The molecule has 0 aromatic carbocycles. The van der Waals surface area contributed by atoms with Gasteiger partial charge in [0.05, 0.1) is 0 Å². The fourth-order valence-corrected chi connectivity index (χ4v) is 1.40. The van der Waals surface area contributed by atoms with Crippen molar-refractivity contribution in [1.29, 1.82) is 0 Å². The minimum Gasteiger partial charge on any atom is -0.394 e. The molecule has 1 saturated heterocycles. The van der Waals surface area contributed by atoms with E-state index in [1.54, 1.807) is 0 Å². The first kappa shape index (κ1) is 7.64. The van der Waals surface area contributed by atoms with Crippen molar-refractivity contribution in [1.82, 2.24) is 4.81 Å². The Bertz CT molecular complexity index is 149. The number of rotatable bonds is 1. The van der Waals surface area contributed by atoms with Crippen molar-refractivity contribution in [2.75, 3.05) is 0 Å². The lowest BCUT2D eigenvalue weighted by Crippen LogP contribution is -2.28.